The van der Waals surface area contributed by atoms with Gasteiger partial charge in [0.15, 0.2) is 0 Å². The Kier molecular flexibility index (Phi) is 5.75. The van der Waals surface area contributed by atoms with E-state index >= 15 is 0 Å². The molecule has 1 heterocycles. The molecule has 0 aliphatic carbocycles. The van der Waals surface area contributed by atoms with Gasteiger partial charge in [0.05, 0.1) is 12.5 Å². The number of benzene rings is 1. The molecule has 0 spiro atoms. The Bertz CT molecular complexity index is 687. The minimum atomic E-state index is -1.03. The number of nitrogens with zero attached hydrogens (tertiary/aromatic N) is 2. The summed E-state index contributed by atoms with van der Waals surface area (Å²) >= 11 is 3.26. The maximum Gasteiger partial charge on any atom is 0.407 e. The van der Waals surface area contributed by atoms with E-state index in [1.807, 2.05) is 30.3 Å². The van der Waals surface area contributed by atoms with Crippen molar-refractivity contribution in [1.82, 2.24) is 15.1 Å². The largest absolute Gasteiger partial charge is 0.481 e. The number of aromatic nitrogens is 2. The van der Waals surface area contributed by atoms with Gasteiger partial charge in [0, 0.05) is 18.8 Å². The molecule has 2 rings (SSSR count). The topological polar surface area (TPSA) is 93.5 Å². The fourth-order valence-corrected chi connectivity index (χ4v) is 2.66. The summed E-state index contributed by atoms with van der Waals surface area (Å²) in [7, 11) is 1.71. The summed E-state index contributed by atoms with van der Waals surface area (Å²) in [4.78, 5) is 23.0. The molecule has 0 aliphatic rings. The maximum atomic E-state index is 11.9. The highest BCUT2D eigenvalue weighted by Crippen LogP contribution is 2.24. The highest BCUT2D eigenvalue weighted by atomic mass is 79.9. The van der Waals surface area contributed by atoms with Gasteiger partial charge in [-0.25, -0.2) is 4.79 Å². The van der Waals surface area contributed by atoms with E-state index < -0.39 is 18.1 Å². The molecule has 23 heavy (non-hydrogen) atoms. The molecule has 7 nitrogen and oxygen atoms in total. The molecule has 0 saturated carbocycles. The van der Waals surface area contributed by atoms with Crippen LogP contribution in [0.3, 0.4) is 0 Å². The lowest BCUT2D eigenvalue weighted by Gasteiger charge is -2.16. The fraction of sp³-hybridized carbons (Fsp3) is 0.267. The third-order valence-electron chi connectivity index (χ3n) is 3.07. The van der Waals surface area contributed by atoms with E-state index in [2.05, 4.69) is 26.3 Å². The van der Waals surface area contributed by atoms with Gasteiger partial charge in [-0.1, -0.05) is 30.3 Å². The summed E-state index contributed by atoms with van der Waals surface area (Å²) in [5.41, 5.74) is 1.42. The van der Waals surface area contributed by atoms with Crippen LogP contribution in [0.25, 0.3) is 0 Å². The van der Waals surface area contributed by atoms with Crippen LogP contribution in [-0.4, -0.2) is 26.9 Å². The standard InChI is InChI=1S/C15H16BrN3O4/c1-19-8-11(14(16)18-19)12(7-13(20)21)17-15(22)23-9-10-5-3-2-4-6-10/h2-6,8,12H,7,9H2,1H3,(H,17,22)(H,20,21). The van der Waals surface area contributed by atoms with Crippen LogP contribution in [0.15, 0.2) is 41.1 Å². The van der Waals surface area contributed by atoms with Gasteiger partial charge in [0.1, 0.15) is 11.2 Å². The number of rotatable bonds is 6. The predicted molar refractivity (Wildman–Crippen MR) is 85.7 cm³/mol. The molecule has 1 aromatic heterocycles. The number of aryl methyl sites for hydroxylation is 1. The summed E-state index contributed by atoms with van der Waals surface area (Å²) < 4.78 is 7.14. The van der Waals surface area contributed by atoms with E-state index in [1.165, 1.54) is 4.68 Å². The third kappa shape index (κ3) is 5.10. The molecule has 2 N–H and O–H groups in total. The van der Waals surface area contributed by atoms with Crippen LogP contribution in [-0.2, 0) is 23.2 Å². The van der Waals surface area contributed by atoms with Crippen LogP contribution in [0.2, 0.25) is 0 Å². The Morgan fingerprint density at radius 1 is 1.39 bits per heavy atom. The van der Waals surface area contributed by atoms with Crippen LogP contribution in [0.1, 0.15) is 23.6 Å². The molecule has 1 amide bonds. The second-order valence-corrected chi connectivity index (χ2v) is 5.66. The monoisotopic (exact) mass is 381 g/mol. The molecular formula is C15H16BrN3O4. The van der Waals surface area contributed by atoms with Gasteiger partial charge < -0.3 is 15.2 Å². The van der Waals surface area contributed by atoms with Crippen LogP contribution in [0.5, 0.6) is 0 Å². The van der Waals surface area contributed by atoms with Crippen LogP contribution >= 0.6 is 15.9 Å². The minimum Gasteiger partial charge on any atom is -0.481 e. The van der Waals surface area contributed by atoms with E-state index in [9.17, 15) is 9.59 Å². The summed E-state index contributed by atoms with van der Waals surface area (Å²) in [6, 6.07) is 8.48. The number of carbonyl (C=O) groups is 2. The number of carboxylic acid groups (broad SMARTS) is 1. The second kappa shape index (κ2) is 7.77. The first kappa shape index (κ1) is 17.0. The molecule has 1 aromatic carbocycles. The molecule has 8 heteroatoms. The molecular weight excluding hydrogens is 366 g/mol. The van der Waals surface area contributed by atoms with Crippen molar-refractivity contribution in [1.29, 1.82) is 0 Å². The van der Waals surface area contributed by atoms with E-state index in [1.54, 1.807) is 13.2 Å². The van der Waals surface area contributed by atoms with Gasteiger partial charge in [0.2, 0.25) is 0 Å². The zero-order valence-electron chi connectivity index (χ0n) is 12.4. The number of nitrogens with one attached hydrogen (secondary N) is 1. The van der Waals surface area contributed by atoms with Crippen molar-refractivity contribution >= 4 is 28.0 Å². The maximum absolute atomic E-state index is 11.9. The van der Waals surface area contributed by atoms with Gasteiger partial charge >= 0.3 is 12.1 Å². The number of aliphatic carboxylic acids is 1. The molecule has 1 atom stereocenters. The minimum absolute atomic E-state index is 0.112. The average Bonchev–Trinajstić information content (AvgIpc) is 2.84. The van der Waals surface area contributed by atoms with Gasteiger partial charge in [-0.2, -0.15) is 5.10 Å². The quantitative estimate of drug-likeness (QED) is 0.801. The molecule has 1 unspecified atom stereocenters. The van der Waals surface area contributed by atoms with Crippen LogP contribution in [0, 0.1) is 0 Å². The van der Waals surface area contributed by atoms with Gasteiger partial charge in [-0.15, -0.1) is 0 Å². The number of halogens is 1. The van der Waals surface area contributed by atoms with E-state index in [0.29, 0.717) is 10.2 Å². The Morgan fingerprint density at radius 3 is 2.65 bits per heavy atom. The highest BCUT2D eigenvalue weighted by Gasteiger charge is 2.23. The number of hydrogen-bond donors (Lipinski definition) is 2. The summed E-state index contributed by atoms with van der Waals surface area (Å²) in [5, 5.41) is 15.7. The van der Waals surface area contributed by atoms with E-state index in [4.69, 9.17) is 9.84 Å². The summed E-state index contributed by atoms with van der Waals surface area (Å²) in [5.74, 6) is -1.03. The molecule has 122 valence electrons. The van der Waals surface area contributed by atoms with E-state index in [0.717, 1.165) is 5.56 Å². The normalized spacial score (nSPS) is 11.7. The number of carbonyl (C=O) groups excluding carboxylic acids is 1. The number of carboxylic acids is 1. The highest BCUT2D eigenvalue weighted by molar-refractivity contribution is 9.10. The summed E-state index contributed by atoms with van der Waals surface area (Å²) in [6.45, 7) is 0.112. The zero-order chi connectivity index (χ0) is 16.8. The van der Waals surface area contributed by atoms with Crippen LogP contribution in [0.4, 0.5) is 4.79 Å². The molecule has 0 radical (unpaired) electrons. The lowest BCUT2D eigenvalue weighted by molar-refractivity contribution is -0.137. The molecule has 0 saturated heterocycles. The van der Waals surface area contributed by atoms with Crippen molar-refractivity contribution in [2.75, 3.05) is 0 Å². The molecule has 0 bridgehead atoms. The second-order valence-electron chi connectivity index (χ2n) is 4.91. The Hall–Kier alpha value is -2.35. The van der Waals surface area contributed by atoms with Crippen molar-refractivity contribution in [2.24, 2.45) is 7.05 Å². The van der Waals surface area contributed by atoms with Gasteiger partial charge in [-0.3, -0.25) is 9.48 Å². The first-order valence-electron chi connectivity index (χ1n) is 6.83. The van der Waals surface area contributed by atoms with Crippen molar-refractivity contribution in [3.63, 3.8) is 0 Å². The smallest absolute Gasteiger partial charge is 0.407 e. The van der Waals surface area contributed by atoms with Crippen molar-refractivity contribution < 1.29 is 19.4 Å². The molecule has 0 aliphatic heterocycles. The molecule has 0 fully saturated rings. The average molecular weight is 382 g/mol. The lowest BCUT2D eigenvalue weighted by atomic mass is 10.1. The van der Waals surface area contributed by atoms with Crippen molar-refractivity contribution in [2.45, 2.75) is 19.1 Å². The summed E-state index contributed by atoms with van der Waals surface area (Å²) in [6.07, 6.45) is 0.691. The Morgan fingerprint density at radius 2 is 2.09 bits per heavy atom. The Labute approximate surface area is 141 Å². The third-order valence-corrected chi connectivity index (χ3v) is 3.69. The van der Waals surface area contributed by atoms with Crippen molar-refractivity contribution in [3.05, 3.63) is 52.3 Å². The Balaban J connectivity index is 2.01. The lowest BCUT2D eigenvalue weighted by Crippen LogP contribution is -2.30. The first-order chi connectivity index (χ1) is 11.0. The number of alkyl carbamates (subject to hydrolysis) is 1. The van der Waals surface area contributed by atoms with Crippen molar-refractivity contribution in [3.8, 4) is 0 Å². The number of amides is 1. The first-order valence-corrected chi connectivity index (χ1v) is 7.63. The zero-order valence-corrected chi connectivity index (χ0v) is 14.0. The fourth-order valence-electron chi connectivity index (χ4n) is 2.03. The van der Waals surface area contributed by atoms with Crippen LogP contribution < -0.4 is 5.32 Å². The SMILES string of the molecule is Cn1cc(C(CC(=O)O)NC(=O)OCc2ccccc2)c(Br)n1. The van der Waals surface area contributed by atoms with Gasteiger partial charge in [-0.05, 0) is 21.5 Å². The molecule has 2 aromatic rings. The van der Waals surface area contributed by atoms with E-state index in [-0.39, 0.29) is 13.0 Å². The van der Waals surface area contributed by atoms with Gasteiger partial charge in [0.25, 0.3) is 0 Å². The number of ether oxygens (including phenoxy) is 1. The predicted octanol–water partition coefficient (Wildman–Crippen LogP) is 2.62. The number of hydrogen-bond acceptors (Lipinski definition) is 4.